The minimum absolute atomic E-state index is 0.0116. The van der Waals surface area contributed by atoms with Crippen molar-refractivity contribution >= 4 is 29.6 Å². The van der Waals surface area contributed by atoms with Crippen LogP contribution in [-0.2, 0) is 48.1 Å². The van der Waals surface area contributed by atoms with Crippen molar-refractivity contribution in [3.63, 3.8) is 0 Å². The van der Waals surface area contributed by atoms with Gasteiger partial charge in [-0.1, -0.05) is 54.6 Å². The van der Waals surface area contributed by atoms with Crippen LogP contribution in [0.2, 0.25) is 0 Å². The molecule has 0 spiro atoms. The van der Waals surface area contributed by atoms with E-state index in [1.807, 2.05) is 30.3 Å². The second-order valence-corrected chi connectivity index (χ2v) is 9.96. The van der Waals surface area contributed by atoms with Gasteiger partial charge in [0.15, 0.2) is 0 Å². The lowest BCUT2D eigenvalue weighted by Gasteiger charge is -2.17. The minimum Gasteiger partial charge on any atom is -0.356 e. The first kappa shape index (κ1) is 33.0. The number of hydroxylamine groups is 1. The van der Waals surface area contributed by atoms with Gasteiger partial charge in [-0.3, -0.25) is 19.2 Å². The van der Waals surface area contributed by atoms with Crippen LogP contribution in [0, 0.1) is 0 Å². The summed E-state index contributed by atoms with van der Waals surface area (Å²) in [5.74, 6) is -2.04. The molecule has 0 saturated heterocycles. The van der Waals surface area contributed by atoms with Crippen molar-refractivity contribution in [1.29, 1.82) is 0 Å². The van der Waals surface area contributed by atoms with E-state index in [9.17, 15) is 24.0 Å². The molecule has 0 radical (unpaired) electrons. The fourth-order valence-corrected chi connectivity index (χ4v) is 4.18. The fourth-order valence-electron chi connectivity index (χ4n) is 4.18. The summed E-state index contributed by atoms with van der Waals surface area (Å²) in [4.78, 5) is 63.8. The van der Waals surface area contributed by atoms with Crippen LogP contribution < -0.4 is 21.4 Å². The first-order valence-corrected chi connectivity index (χ1v) is 14.1. The summed E-state index contributed by atoms with van der Waals surface area (Å²) < 4.78 is 0. The number of unbranched alkanes of at least 4 members (excludes halogenated alkanes) is 2. The standard InChI is InChI=1S/C31H42N4O6/c1-23(36)32-20-9-8-14-28(34-24(2)37)31(40)33-21-19-30(39)41-35-29(38)22-27-17-15-26(16-18-27)13-7-6-12-25-10-4-3-5-11-25/h3-5,10-11,15-18,28H,6-9,12-14,19-22H2,1-2H3,(H,32,36)(H,33,40)(H,34,37)(H,35,38)/t28-/m0/s1. The molecule has 10 nitrogen and oxygen atoms in total. The second kappa shape index (κ2) is 19.0. The number of benzene rings is 2. The molecule has 0 aliphatic rings. The Hall–Kier alpha value is -4.21. The van der Waals surface area contributed by atoms with E-state index in [2.05, 4.69) is 45.7 Å². The lowest BCUT2D eigenvalue weighted by atomic mass is 10.0. The molecule has 2 aromatic rings. The number of nitrogens with one attached hydrogen (secondary N) is 4. The molecule has 0 heterocycles. The van der Waals surface area contributed by atoms with Crippen molar-refractivity contribution in [2.75, 3.05) is 13.1 Å². The zero-order valence-corrected chi connectivity index (χ0v) is 24.0. The van der Waals surface area contributed by atoms with Gasteiger partial charge < -0.3 is 20.8 Å². The highest BCUT2D eigenvalue weighted by molar-refractivity contribution is 5.87. The third-order valence-corrected chi connectivity index (χ3v) is 6.31. The molecule has 4 amide bonds. The van der Waals surface area contributed by atoms with Gasteiger partial charge in [0.1, 0.15) is 6.04 Å². The van der Waals surface area contributed by atoms with E-state index in [0.717, 1.165) is 31.2 Å². The molecule has 2 aromatic carbocycles. The van der Waals surface area contributed by atoms with Crippen molar-refractivity contribution < 1.29 is 28.8 Å². The maximum absolute atomic E-state index is 12.4. The zero-order chi connectivity index (χ0) is 29.9. The summed E-state index contributed by atoms with van der Waals surface area (Å²) in [6, 6.07) is 17.5. The van der Waals surface area contributed by atoms with Crippen LogP contribution in [0.4, 0.5) is 0 Å². The Labute approximate surface area is 241 Å². The molecule has 10 heteroatoms. The smallest absolute Gasteiger partial charge is 0.334 e. The Balaban J connectivity index is 1.61. The molecule has 0 saturated carbocycles. The molecule has 0 unspecified atom stereocenters. The number of amides is 4. The van der Waals surface area contributed by atoms with Crippen LogP contribution >= 0.6 is 0 Å². The van der Waals surface area contributed by atoms with Gasteiger partial charge in [0.25, 0.3) is 5.91 Å². The average molecular weight is 567 g/mol. The molecule has 41 heavy (non-hydrogen) atoms. The number of hydrogen-bond acceptors (Lipinski definition) is 6. The fraction of sp³-hybridized carbons (Fsp3) is 0.452. The maximum Gasteiger partial charge on any atom is 0.334 e. The Bertz CT molecular complexity index is 1120. The summed E-state index contributed by atoms with van der Waals surface area (Å²) in [5.41, 5.74) is 5.51. The molecule has 2 rings (SSSR count). The zero-order valence-electron chi connectivity index (χ0n) is 24.0. The van der Waals surface area contributed by atoms with E-state index in [1.54, 1.807) is 0 Å². The lowest BCUT2D eigenvalue weighted by Crippen LogP contribution is -2.46. The number of carbonyl (C=O) groups is 5. The highest BCUT2D eigenvalue weighted by Crippen LogP contribution is 2.11. The Morgan fingerprint density at radius 1 is 0.707 bits per heavy atom. The molecule has 0 fully saturated rings. The van der Waals surface area contributed by atoms with Gasteiger partial charge in [-0.05, 0) is 61.6 Å². The van der Waals surface area contributed by atoms with Gasteiger partial charge in [-0.2, -0.15) is 5.48 Å². The molecule has 0 bridgehead atoms. The first-order valence-electron chi connectivity index (χ1n) is 14.1. The van der Waals surface area contributed by atoms with Crippen LogP contribution in [-0.4, -0.2) is 48.7 Å². The van der Waals surface area contributed by atoms with Crippen molar-refractivity contribution in [2.45, 2.75) is 77.7 Å². The maximum atomic E-state index is 12.4. The highest BCUT2D eigenvalue weighted by Gasteiger charge is 2.19. The third kappa shape index (κ3) is 15.2. The molecule has 4 N–H and O–H groups in total. The van der Waals surface area contributed by atoms with E-state index >= 15 is 0 Å². The van der Waals surface area contributed by atoms with E-state index in [4.69, 9.17) is 4.84 Å². The van der Waals surface area contributed by atoms with Gasteiger partial charge >= 0.3 is 5.97 Å². The second-order valence-electron chi connectivity index (χ2n) is 9.96. The molecular weight excluding hydrogens is 524 g/mol. The first-order chi connectivity index (χ1) is 19.7. The number of hydrogen-bond donors (Lipinski definition) is 4. The summed E-state index contributed by atoms with van der Waals surface area (Å²) >= 11 is 0. The molecule has 222 valence electrons. The van der Waals surface area contributed by atoms with Crippen molar-refractivity contribution in [1.82, 2.24) is 21.4 Å². The number of carbonyl (C=O) groups excluding carboxylic acids is 5. The van der Waals surface area contributed by atoms with Crippen LogP contribution in [0.15, 0.2) is 54.6 Å². The van der Waals surface area contributed by atoms with Crippen LogP contribution in [0.25, 0.3) is 0 Å². The van der Waals surface area contributed by atoms with Gasteiger partial charge in [-0.15, -0.1) is 0 Å². The summed E-state index contributed by atoms with van der Waals surface area (Å²) in [7, 11) is 0. The van der Waals surface area contributed by atoms with Crippen LogP contribution in [0.1, 0.15) is 69.1 Å². The van der Waals surface area contributed by atoms with Crippen molar-refractivity contribution in [3.05, 3.63) is 71.3 Å². The molecular formula is C31H42N4O6. The van der Waals surface area contributed by atoms with Crippen LogP contribution in [0.3, 0.4) is 0 Å². The van der Waals surface area contributed by atoms with E-state index < -0.39 is 23.8 Å². The normalized spacial score (nSPS) is 11.2. The van der Waals surface area contributed by atoms with Gasteiger partial charge in [-0.25, -0.2) is 4.79 Å². The van der Waals surface area contributed by atoms with Gasteiger partial charge in [0.2, 0.25) is 17.7 Å². The Morgan fingerprint density at radius 3 is 1.98 bits per heavy atom. The van der Waals surface area contributed by atoms with Crippen molar-refractivity contribution in [3.8, 4) is 0 Å². The number of aryl methyl sites for hydroxylation is 2. The third-order valence-electron chi connectivity index (χ3n) is 6.31. The SMILES string of the molecule is CC(=O)NCCCC[C@H](NC(C)=O)C(=O)NCCC(=O)ONC(=O)Cc1ccc(CCCCc2ccccc2)cc1. The predicted octanol–water partition coefficient (Wildman–Crippen LogP) is 2.69. The monoisotopic (exact) mass is 566 g/mol. The average Bonchev–Trinajstić information content (AvgIpc) is 2.94. The van der Waals surface area contributed by atoms with E-state index in [0.29, 0.717) is 25.8 Å². The Morgan fingerprint density at radius 2 is 1.34 bits per heavy atom. The lowest BCUT2D eigenvalue weighted by molar-refractivity contribution is -0.158. The molecule has 0 aromatic heterocycles. The highest BCUT2D eigenvalue weighted by atomic mass is 16.7. The van der Waals surface area contributed by atoms with Crippen LogP contribution in [0.5, 0.6) is 0 Å². The van der Waals surface area contributed by atoms with Gasteiger partial charge in [0, 0.05) is 26.9 Å². The van der Waals surface area contributed by atoms with E-state index in [1.165, 1.54) is 25.0 Å². The molecule has 1 atom stereocenters. The Kier molecular flexibility index (Phi) is 15.3. The predicted molar refractivity (Wildman–Crippen MR) is 155 cm³/mol. The summed E-state index contributed by atoms with van der Waals surface area (Å²) in [6.07, 6.45) is 5.80. The molecule has 0 aliphatic carbocycles. The number of rotatable bonds is 17. The largest absolute Gasteiger partial charge is 0.356 e. The summed E-state index contributed by atoms with van der Waals surface area (Å²) in [5, 5.41) is 7.87. The summed E-state index contributed by atoms with van der Waals surface area (Å²) in [6.45, 7) is 3.23. The van der Waals surface area contributed by atoms with Crippen molar-refractivity contribution in [2.24, 2.45) is 0 Å². The topological polar surface area (TPSA) is 143 Å². The molecule has 0 aliphatic heterocycles. The van der Waals surface area contributed by atoms with E-state index in [-0.39, 0.29) is 31.2 Å². The quantitative estimate of drug-likeness (QED) is 0.171. The minimum atomic E-state index is -0.749. The van der Waals surface area contributed by atoms with Gasteiger partial charge in [0.05, 0.1) is 12.8 Å².